The molecule has 0 spiro atoms. The number of hydrogen-bond donors (Lipinski definition) is 0. The van der Waals surface area contributed by atoms with Gasteiger partial charge in [-0.15, -0.1) is 10.2 Å². The van der Waals surface area contributed by atoms with Crippen LogP contribution in [0.5, 0.6) is 0 Å². The molecule has 0 atom stereocenters. The maximum Gasteiger partial charge on any atom is 0.416 e. The van der Waals surface area contributed by atoms with Crippen LogP contribution in [0, 0.1) is 0 Å². The summed E-state index contributed by atoms with van der Waals surface area (Å²) in [4.78, 5) is 55.8. The summed E-state index contributed by atoms with van der Waals surface area (Å²) in [6.45, 7) is 3.01. The standard InChI is InChI=1S/C20H23F6N5O2.C17H20F3N5O2/c1-28-17(32)16(27-31(18(28)33)8-4-7-19(21,22)23)30-11-9-29(10-12-30)13-14-5-2-3-6-15(14)20(24,25)26;1-22-15(26)14(21-23(2)16(22)27)25-9-7-24(8-10-25)11-12-5-3-4-6-13(12)17(18,19)20/h2-3,5-6H,4,7-13H2,1H3;3-6H,7-11H2,1-2H3. The summed E-state index contributed by atoms with van der Waals surface area (Å²) in [6, 6.07) is 10.9. The summed E-state index contributed by atoms with van der Waals surface area (Å²) in [6.07, 6.45) is -14.7. The Hall–Kier alpha value is -5.45. The number of anilines is 2. The third kappa shape index (κ3) is 11.2. The van der Waals surface area contributed by atoms with Crippen molar-refractivity contribution in [2.24, 2.45) is 21.1 Å². The van der Waals surface area contributed by atoms with E-state index in [4.69, 9.17) is 0 Å². The molecular formula is C37H43F9N10O4. The molecule has 0 radical (unpaired) electrons. The number of nitrogens with zero attached hydrogens (tertiary/aromatic N) is 10. The smallest absolute Gasteiger partial charge is 0.348 e. The lowest BCUT2D eigenvalue weighted by Gasteiger charge is -2.35. The molecule has 328 valence electrons. The number of aromatic nitrogens is 6. The highest BCUT2D eigenvalue weighted by molar-refractivity contribution is 5.37. The van der Waals surface area contributed by atoms with Crippen LogP contribution in [0.1, 0.15) is 35.1 Å². The van der Waals surface area contributed by atoms with E-state index in [1.54, 1.807) is 15.9 Å². The Morgan fingerprint density at radius 2 is 0.950 bits per heavy atom. The van der Waals surface area contributed by atoms with Crippen LogP contribution in [-0.2, 0) is 53.1 Å². The number of benzene rings is 2. The molecule has 60 heavy (non-hydrogen) atoms. The van der Waals surface area contributed by atoms with Crippen LogP contribution >= 0.6 is 0 Å². The van der Waals surface area contributed by atoms with Gasteiger partial charge in [0, 0.05) is 99.6 Å². The first-order chi connectivity index (χ1) is 28.0. The Balaban J connectivity index is 0.000000232. The van der Waals surface area contributed by atoms with Gasteiger partial charge in [0.05, 0.1) is 11.1 Å². The summed E-state index contributed by atoms with van der Waals surface area (Å²) >= 11 is 0. The molecule has 0 unspecified atom stereocenters. The minimum Gasteiger partial charge on any atom is -0.348 e. The number of halogens is 9. The topological polar surface area (TPSA) is 127 Å². The van der Waals surface area contributed by atoms with Crippen LogP contribution in [0.15, 0.2) is 67.7 Å². The van der Waals surface area contributed by atoms with E-state index in [1.807, 2.05) is 9.80 Å². The van der Waals surface area contributed by atoms with E-state index in [-0.39, 0.29) is 61.9 Å². The Morgan fingerprint density at radius 3 is 1.37 bits per heavy atom. The Bertz CT molecular complexity index is 2350. The molecule has 2 aliphatic rings. The van der Waals surface area contributed by atoms with E-state index >= 15 is 0 Å². The van der Waals surface area contributed by atoms with Crippen molar-refractivity contribution in [1.29, 1.82) is 0 Å². The first-order valence-corrected chi connectivity index (χ1v) is 18.7. The van der Waals surface area contributed by atoms with Gasteiger partial charge in [-0.3, -0.25) is 28.5 Å². The Kier molecular flexibility index (Phi) is 14.0. The molecule has 14 nitrogen and oxygen atoms in total. The zero-order chi connectivity index (χ0) is 44.2. The van der Waals surface area contributed by atoms with Crippen molar-refractivity contribution in [2.45, 2.75) is 51.0 Å². The van der Waals surface area contributed by atoms with Crippen LogP contribution in [0.3, 0.4) is 0 Å². The van der Waals surface area contributed by atoms with Crippen molar-refractivity contribution in [3.8, 4) is 0 Å². The average Bonchev–Trinajstić information content (AvgIpc) is 3.18. The minimum absolute atomic E-state index is 0.0700. The predicted molar refractivity (Wildman–Crippen MR) is 202 cm³/mol. The van der Waals surface area contributed by atoms with Gasteiger partial charge in [-0.25, -0.2) is 19.0 Å². The van der Waals surface area contributed by atoms with E-state index in [0.717, 1.165) is 30.6 Å². The van der Waals surface area contributed by atoms with Gasteiger partial charge in [0.25, 0.3) is 11.1 Å². The van der Waals surface area contributed by atoms with Gasteiger partial charge in [0.15, 0.2) is 0 Å². The molecule has 2 saturated heterocycles. The van der Waals surface area contributed by atoms with Crippen LogP contribution in [0.2, 0.25) is 0 Å². The van der Waals surface area contributed by atoms with Gasteiger partial charge in [-0.2, -0.15) is 39.5 Å². The van der Waals surface area contributed by atoms with E-state index < -0.39 is 58.6 Å². The first-order valence-electron chi connectivity index (χ1n) is 18.7. The second kappa shape index (κ2) is 18.4. The average molecular weight is 863 g/mol. The van der Waals surface area contributed by atoms with Crippen molar-refractivity contribution in [3.05, 3.63) is 112 Å². The predicted octanol–water partition coefficient (Wildman–Crippen LogP) is 3.45. The zero-order valence-corrected chi connectivity index (χ0v) is 32.8. The summed E-state index contributed by atoms with van der Waals surface area (Å²) < 4.78 is 120. The Morgan fingerprint density at radius 1 is 0.550 bits per heavy atom. The molecule has 2 aromatic heterocycles. The third-order valence-electron chi connectivity index (χ3n) is 10.1. The molecule has 2 aromatic carbocycles. The molecule has 4 aromatic rings. The van der Waals surface area contributed by atoms with Crippen LogP contribution in [0.4, 0.5) is 51.1 Å². The first kappa shape index (κ1) is 45.6. The van der Waals surface area contributed by atoms with Crippen molar-refractivity contribution < 1.29 is 39.5 Å². The second-order valence-corrected chi connectivity index (χ2v) is 14.3. The van der Waals surface area contributed by atoms with E-state index in [2.05, 4.69) is 10.2 Å². The fourth-order valence-corrected chi connectivity index (χ4v) is 6.85. The quantitative estimate of drug-likeness (QED) is 0.231. The van der Waals surface area contributed by atoms with Gasteiger partial charge in [-0.1, -0.05) is 36.4 Å². The van der Waals surface area contributed by atoms with Crippen LogP contribution in [-0.4, -0.2) is 97.0 Å². The second-order valence-electron chi connectivity index (χ2n) is 14.3. The van der Waals surface area contributed by atoms with E-state index in [0.29, 0.717) is 39.3 Å². The molecule has 0 aliphatic carbocycles. The minimum atomic E-state index is -4.46. The van der Waals surface area contributed by atoms with Crippen molar-refractivity contribution >= 4 is 11.6 Å². The van der Waals surface area contributed by atoms with E-state index in [1.165, 1.54) is 51.5 Å². The molecule has 4 heterocycles. The van der Waals surface area contributed by atoms with Crippen LogP contribution in [0.25, 0.3) is 0 Å². The van der Waals surface area contributed by atoms with E-state index in [9.17, 15) is 58.7 Å². The number of aryl methyl sites for hydroxylation is 2. The molecule has 23 heteroatoms. The maximum absolute atomic E-state index is 13.2. The van der Waals surface area contributed by atoms with Crippen LogP contribution < -0.4 is 32.3 Å². The Labute approximate surface area is 336 Å². The zero-order valence-electron chi connectivity index (χ0n) is 32.8. The number of piperazine rings is 2. The lowest BCUT2D eigenvalue weighted by molar-refractivity contribution is -0.139. The monoisotopic (exact) mass is 862 g/mol. The lowest BCUT2D eigenvalue weighted by atomic mass is 10.1. The van der Waals surface area contributed by atoms with Crippen molar-refractivity contribution in [3.63, 3.8) is 0 Å². The molecular weight excluding hydrogens is 819 g/mol. The van der Waals surface area contributed by atoms with Crippen molar-refractivity contribution in [2.75, 3.05) is 62.2 Å². The lowest BCUT2D eigenvalue weighted by Crippen LogP contribution is -2.50. The van der Waals surface area contributed by atoms with Gasteiger partial charge in [0.1, 0.15) is 0 Å². The largest absolute Gasteiger partial charge is 0.416 e. The number of rotatable bonds is 9. The highest BCUT2D eigenvalue weighted by Gasteiger charge is 2.35. The molecule has 2 fully saturated rings. The number of alkyl halides is 9. The normalized spacial score (nSPS) is 15.9. The highest BCUT2D eigenvalue weighted by atomic mass is 19.4. The molecule has 2 aliphatic heterocycles. The molecule has 0 amide bonds. The fraction of sp³-hybridized carbons (Fsp3) is 0.514. The third-order valence-corrected chi connectivity index (χ3v) is 10.1. The fourth-order valence-electron chi connectivity index (χ4n) is 6.85. The summed E-state index contributed by atoms with van der Waals surface area (Å²) in [5, 5.41) is 8.04. The molecule has 6 rings (SSSR count). The molecule has 0 saturated carbocycles. The van der Waals surface area contributed by atoms with Gasteiger partial charge in [-0.05, 0) is 29.7 Å². The van der Waals surface area contributed by atoms with Gasteiger partial charge < -0.3 is 9.80 Å². The summed E-state index contributed by atoms with van der Waals surface area (Å²) in [5.74, 6) is 0.106. The SMILES string of the molecule is Cn1c(=O)c(N2CCN(Cc3ccccc3C(F)(F)F)CC2)nn(CCCC(F)(F)F)c1=O.Cn1nc(N2CCN(Cc3ccccc3C(F)(F)F)CC2)c(=O)n(C)c1=O. The summed E-state index contributed by atoms with van der Waals surface area (Å²) in [7, 11) is 4.08. The molecule has 0 N–H and O–H groups in total. The molecule has 0 bridgehead atoms. The van der Waals surface area contributed by atoms with Crippen molar-refractivity contribution in [1.82, 2.24) is 38.5 Å². The maximum atomic E-state index is 13.2. The van der Waals surface area contributed by atoms with Gasteiger partial charge >= 0.3 is 29.9 Å². The highest BCUT2D eigenvalue weighted by Crippen LogP contribution is 2.34. The number of hydrogen-bond acceptors (Lipinski definition) is 10. The van der Waals surface area contributed by atoms with Gasteiger partial charge in [0.2, 0.25) is 11.6 Å². The summed E-state index contributed by atoms with van der Waals surface area (Å²) in [5.41, 5.74) is -3.42.